The van der Waals surface area contributed by atoms with Crippen molar-refractivity contribution >= 4 is 59.8 Å². The van der Waals surface area contributed by atoms with Gasteiger partial charge in [0, 0.05) is 23.8 Å². The van der Waals surface area contributed by atoms with Crippen LogP contribution in [0, 0.1) is 0 Å². The van der Waals surface area contributed by atoms with Gasteiger partial charge < -0.3 is 15.4 Å². The predicted octanol–water partition coefficient (Wildman–Crippen LogP) is 3.55. The highest BCUT2D eigenvalue weighted by Gasteiger charge is 2.30. The number of para-hydroxylation sites is 2. The van der Waals surface area contributed by atoms with E-state index in [-0.39, 0.29) is 28.0 Å². The third kappa shape index (κ3) is 5.53. The van der Waals surface area contributed by atoms with Gasteiger partial charge in [-0.05, 0) is 60.7 Å². The Balaban J connectivity index is 1.46. The number of ether oxygens (including phenoxy) is 1. The van der Waals surface area contributed by atoms with Gasteiger partial charge in [-0.25, -0.2) is 26.8 Å². The second-order valence-electron chi connectivity index (χ2n) is 8.17. The van der Waals surface area contributed by atoms with Gasteiger partial charge in [0.2, 0.25) is 9.84 Å². The predicted molar refractivity (Wildman–Crippen MR) is 141 cm³/mol. The fourth-order valence-corrected chi connectivity index (χ4v) is 6.28. The number of nitrogens with one attached hydrogen (secondary N) is 3. The molecule has 0 bridgehead atoms. The third-order valence-corrected chi connectivity index (χ3v) is 9.14. The van der Waals surface area contributed by atoms with E-state index in [1.165, 1.54) is 36.4 Å². The molecule has 3 aromatic carbocycles. The van der Waals surface area contributed by atoms with Gasteiger partial charge in [0.15, 0.2) is 17.1 Å². The number of anilines is 3. The monoisotopic (exact) mass is 559 g/mol. The SMILES string of the molecule is O=S(=O)(Nc1nc2ccccc2nc1Nc1ccc(S(=O)(=O)C2CNCCO2)cc1)c1ccc(Cl)cc1. The van der Waals surface area contributed by atoms with E-state index in [0.29, 0.717) is 34.9 Å². The van der Waals surface area contributed by atoms with Gasteiger partial charge in [0.1, 0.15) is 0 Å². The maximum Gasteiger partial charge on any atom is 0.263 e. The second-order valence-corrected chi connectivity index (χ2v) is 12.4. The maximum atomic E-state index is 13.0. The van der Waals surface area contributed by atoms with E-state index in [4.69, 9.17) is 16.3 Å². The first-order chi connectivity index (χ1) is 17.7. The molecule has 192 valence electrons. The summed E-state index contributed by atoms with van der Waals surface area (Å²) in [6, 6.07) is 18.8. The Kier molecular flexibility index (Phi) is 7.01. The Hall–Kier alpha value is -3.29. The first kappa shape index (κ1) is 25.4. The molecule has 10 nitrogen and oxygen atoms in total. The smallest absolute Gasteiger partial charge is 0.263 e. The molecule has 1 aliphatic rings. The molecule has 0 aliphatic carbocycles. The number of hydrogen-bond acceptors (Lipinski definition) is 9. The highest BCUT2D eigenvalue weighted by atomic mass is 35.5. The number of halogens is 1. The average molecular weight is 560 g/mol. The number of sulfone groups is 1. The van der Waals surface area contributed by atoms with Crippen molar-refractivity contribution < 1.29 is 21.6 Å². The number of benzene rings is 3. The molecule has 0 spiro atoms. The molecule has 4 aromatic rings. The Morgan fingerprint density at radius 1 is 0.838 bits per heavy atom. The van der Waals surface area contributed by atoms with Crippen molar-refractivity contribution in [3.63, 3.8) is 0 Å². The van der Waals surface area contributed by atoms with Crippen molar-refractivity contribution in [2.45, 2.75) is 15.2 Å². The molecule has 0 amide bonds. The van der Waals surface area contributed by atoms with Crippen LogP contribution in [-0.4, -0.2) is 51.9 Å². The lowest BCUT2D eigenvalue weighted by atomic mass is 10.3. The van der Waals surface area contributed by atoms with Crippen LogP contribution in [0.5, 0.6) is 0 Å². The van der Waals surface area contributed by atoms with Gasteiger partial charge in [-0.15, -0.1) is 0 Å². The molecule has 37 heavy (non-hydrogen) atoms. The van der Waals surface area contributed by atoms with E-state index in [1.807, 2.05) is 0 Å². The maximum absolute atomic E-state index is 13.0. The van der Waals surface area contributed by atoms with E-state index in [1.54, 1.807) is 36.4 Å². The average Bonchev–Trinajstić information content (AvgIpc) is 2.90. The van der Waals surface area contributed by atoms with Crippen molar-refractivity contribution in [2.75, 3.05) is 29.7 Å². The Morgan fingerprint density at radius 2 is 1.46 bits per heavy atom. The van der Waals surface area contributed by atoms with Crippen LogP contribution in [0.3, 0.4) is 0 Å². The zero-order valence-electron chi connectivity index (χ0n) is 19.3. The number of aromatic nitrogens is 2. The molecule has 1 saturated heterocycles. The zero-order chi connectivity index (χ0) is 26.0. The van der Waals surface area contributed by atoms with Crippen LogP contribution in [0.2, 0.25) is 5.02 Å². The van der Waals surface area contributed by atoms with Crippen LogP contribution in [0.4, 0.5) is 17.3 Å². The Bertz CT molecular complexity index is 1640. The summed E-state index contributed by atoms with van der Waals surface area (Å²) in [5.41, 5.74) is 0.559. The molecule has 1 aliphatic heterocycles. The topological polar surface area (TPSA) is 139 Å². The number of fused-ring (bicyclic) bond motifs is 1. The van der Waals surface area contributed by atoms with Gasteiger partial charge in [0.05, 0.1) is 27.4 Å². The van der Waals surface area contributed by atoms with Gasteiger partial charge in [0.25, 0.3) is 10.0 Å². The molecule has 1 aromatic heterocycles. The minimum Gasteiger partial charge on any atom is -0.359 e. The van der Waals surface area contributed by atoms with Crippen LogP contribution in [0.1, 0.15) is 0 Å². The fraction of sp³-hybridized carbons (Fsp3) is 0.167. The summed E-state index contributed by atoms with van der Waals surface area (Å²) >= 11 is 5.89. The summed E-state index contributed by atoms with van der Waals surface area (Å²) in [5, 5.41) is 6.47. The number of morpholine rings is 1. The summed E-state index contributed by atoms with van der Waals surface area (Å²) in [4.78, 5) is 9.11. The van der Waals surface area contributed by atoms with Crippen molar-refractivity contribution in [3.05, 3.63) is 77.8 Å². The molecule has 1 unspecified atom stereocenters. The van der Waals surface area contributed by atoms with Crippen LogP contribution in [-0.2, 0) is 24.6 Å². The standard InChI is InChI=1S/C24H22ClN5O5S2/c25-16-5-9-19(10-6-16)37(33,34)30-24-23(28-20-3-1-2-4-21(20)29-24)27-17-7-11-18(12-8-17)36(31,32)22-15-26-13-14-35-22/h1-12,22,26H,13-15H2,(H,27,28)(H,29,30). The largest absolute Gasteiger partial charge is 0.359 e. The van der Waals surface area contributed by atoms with Crippen molar-refractivity contribution in [2.24, 2.45) is 0 Å². The van der Waals surface area contributed by atoms with Crippen molar-refractivity contribution in [1.29, 1.82) is 0 Å². The molecular formula is C24H22ClN5O5S2. The highest BCUT2D eigenvalue weighted by Crippen LogP contribution is 2.28. The van der Waals surface area contributed by atoms with E-state index in [2.05, 4.69) is 25.3 Å². The summed E-state index contributed by atoms with van der Waals surface area (Å²) in [6.45, 7) is 1.14. The van der Waals surface area contributed by atoms with Gasteiger partial charge in [-0.1, -0.05) is 23.7 Å². The minimum atomic E-state index is -4.00. The summed E-state index contributed by atoms with van der Waals surface area (Å²) < 4.78 is 59.7. The van der Waals surface area contributed by atoms with Gasteiger partial charge in [-0.3, -0.25) is 4.72 Å². The molecule has 2 heterocycles. The van der Waals surface area contributed by atoms with E-state index in [0.717, 1.165) is 0 Å². The molecule has 1 fully saturated rings. The Labute approximate surface area is 219 Å². The van der Waals surface area contributed by atoms with E-state index >= 15 is 0 Å². The Morgan fingerprint density at radius 3 is 2.08 bits per heavy atom. The van der Waals surface area contributed by atoms with E-state index < -0.39 is 25.3 Å². The van der Waals surface area contributed by atoms with Gasteiger partial charge in [-0.2, -0.15) is 0 Å². The minimum absolute atomic E-state index is 0.00629. The first-order valence-electron chi connectivity index (χ1n) is 11.2. The summed E-state index contributed by atoms with van der Waals surface area (Å²) in [7, 11) is -7.69. The van der Waals surface area contributed by atoms with E-state index in [9.17, 15) is 16.8 Å². The number of sulfonamides is 1. The van der Waals surface area contributed by atoms with Gasteiger partial charge >= 0.3 is 0 Å². The lowest BCUT2D eigenvalue weighted by molar-refractivity contribution is 0.0785. The summed E-state index contributed by atoms with van der Waals surface area (Å²) in [6.07, 6.45) is 0. The van der Waals surface area contributed by atoms with Crippen LogP contribution in [0.25, 0.3) is 11.0 Å². The van der Waals surface area contributed by atoms with Crippen LogP contribution >= 0.6 is 11.6 Å². The second kappa shape index (κ2) is 10.2. The fourth-order valence-electron chi connectivity index (χ4n) is 3.72. The summed E-state index contributed by atoms with van der Waals surface area (Å²) in [5.74, 6) is 0.124. The lowest BCUT2D eigenvalue weighted by Crippen LogP contribution is -2.42. The molecule has 13 heteroatoms. The van der Waals surface area contributed by atoms with Crippen LogP contribution in [0.15, 0.2) is 82.6 Å². The molecular weight excluding hydrogens is 538 g/mol. The molecule has 0 saturated carbocycles. The quantitative estimate of drug-likeness (QED) is 0.310. The van der Waals surface area contributed by atoms with Crippen molar-refractivity contribution in [3.8, 4) is 0 Å². The third-order valence-electron chi connectivity index (χ3n) is 5.61. The first-order valence-corrected chi connectivity index (χ1v) is 14.6. The molecule has 0 radical (unpaired) electrons. The highest BCUT2D eigenvalue weighted by molar-refractivity contribution is 7.92. The number of nitrogens with zero attached hydrogens (tertiary/aromatic N) is 2. The zero-order valence-corrected chi connectivity index (χ0v) is 21.6. The normalized spacial score (nSPS) is 16.4. The van der Waals surface area contributed by atoms with Crippen molar-refractivity contribution in [1.82, 2.24) is 15.3 Å². The number of rotatable bonds is 7. The number of hydrogen-bond donors (Lipinski definition) is 3. The van der Waals surface area contributed by atoms with Crippen LogP contribution < -0.4 is 15.4 Å². The lowest BCUT2D eigenvalue weighted by Gasteiger charge is -2.23. The molecule has 1 atom stereocenters. The molecule has 3 N–H and O–H groups in total. The molecule has 5 rings (SSSR count).